The van der Waals surface area contributed by atoms with E-state index in [1.807, 2.05) is 42.5 Å². The van der Waals surface area contributed by atoms with Crippen molar-refractivity contribution in [3.05, 3.63) is 65.7 Å². The van der Waals surface area contributed by atoms with E-state index in [0.29, 0.717) is 31.0 Å². The molecule has 0 aliphatic rings. The Morgan fingerprint density at radius 3 is 2.64 bits per heavy atom. The number of amides is 1. The van der Waals surface area contributed by atoms with E-state index in [9.17, 15) is 4.79 Å². The minimum atomic E-state index is -0.0813. The van der Waals surface area contributed by atoms with Gasteiger partial charge in [-0.25, -0.2) is 0 Å². The van der Waals surface area contributed by atoms with Gasteiger partial charge < -0.3 is 15.8 Å². The Morgan fingerprint density at radius 2 is 1.86 bits per heavy atom. The maximum Gasteiger partial charge on any atom is 0.251 e. The van der Waals surface area contributed by atoms with E-state index < -0.39 is 0 Å². The molecule has 0 atom stereocenters. The topological polar surface area (TPSA) is 64.3 Å². The van der Waals surface area contributed by atoms with Gasteiger partial charge in [0.2, 0.25) is 0 Å². The summed E-state index contributed by atoms with van der Waals surface area (Å²) in [5.41, 5.74) is 7.13. The monoisotopic (exact) mass is 298 g/mol. The largest absolute Gasteiger partial charge is 0.489 e. The van der Waals surface area contributed by atoms with Crippen LogP contribution in [0.3, 0.4) is 0 Å². The highest BCUT2D eigenvalue weighted by Gasteiger charge is 2.06. The van der Waals surface area contributed by atoms with E-state index in [-0.39, 0.29) is 5.91 Å². The Labute approximate surface area is 131 Å². The van der Waals surface area contributed by atoms with Crippen molar-refractivity contribution in [2.24, 2.45) is 5.73 Å². The molecule has 22 heavy (non-hydrogen) atoms. The lowest BCUT2D eigenvalue weighted by Gasteiger charge is -2.09. The number of carbonyl (C=O) groups excluding carboxylic acids is 1. The van der Waals surface area contributed by atoms with Crippen LogP contribution in [0, 0.1) is 0 Å². The van der Waals surface area contributed by atoms with Crippen LogP contribution in [-0.4, -0.2) is 19.0 Å². The molecule has 0 aromatic heterocycles. The second-order valence-electron chi connectivity index (χ2n) is 5.05. The van der Waals surface area contributed by atoms with Gasteiger partial charge in [0.05, 0.1) is 0 Å². The number of ether oxygens (including phenoxy) is 1. The third kappa shape index (κ3) is 5.22. The van der Waals surface area contributed by atoms with Crippen LogP contribution in [0.5, 0.6) is 5.75 Å². The van der Waals surface area contributed by atoms with Gasteiger partial charge in [-0.2, -0.15) is 0 Å². The van der Waals surface area contributed by atoms with E-state index in [0.717, 1.165) is 18.4 Å². The van der Waals surface area contributed by atoms with E-state index >= 15 is 0 Å². The van der Waals surface area contributed by atoms with E-state index in [4.69, 9.17) is 10.5 Å². The number of hydrogen-bond donors (Lipinski definition) is 2. The highest BCUT2D eigenvalue weighted by molar-refractivity contribution is 5.94. The summed E-state index contributed by atoms with van der Waals surface area (Å²) < 4.78 is 5.73. The maximum atomic E-state index is 12.0. The van der Waals surface area contributed by atoms with Crippen LogP contribution in [0.25, 0.3) is 0 Å². The molecule has 4 heteroatoms. The second-order valence-corrected chi connectivity index (χ2v) is 5.05. The van der Waals surface area contributed by atoms with Crippen molar-refractivity contribution in [2.75, 3.05) is 13.1 Å². The second kappa shape index (κ2) is 8.85. The zero-order valence-electron chi connectivity index (χ0n) is 12.6. The molecule has 0 aliphatic carbocycles. The summed E-state index contributed by atoms with van der Waals surface area (Å²) in [6.45, 7) is 1.78. The predicted octanol–water partition coefficient (Wildman–Crippen LogP) is 2.73. The molecule has 0 aliphatic heterocycles. The van der Waals surface area contributed by atoms with Crippen molar-refractivity contribution in [1.82, 2.24) is 5.32 Å². The first-order chi connectivity index (χ1) is 10.8. The fourth-order valence-corrected chi connectivity index (χ4v) is 2.04. The van der Waals surface area contributed by atoms with Gasteiger partial charge in [-0.3, -0.25) is 4.79 Å². The van der Waals surface area contributed by atoms with Crippen molar-refractivity contribution < 1.29 is 9.53 Å². The lowest BCUT2D eigenvalue weighted by atomic mass is 10.2. The third-order valence-electron chi connectivity index (χ3n) is 3.26. The molecule has 0 saturated carbocycles. The van der Waals surface area contributed by atoms with E-state index in [2.05, 4.69) is 5.32 Å². The Kier molecular flexibility index (Phi) is 6.45. The number of nitrogens with two attached hydrogens (primary N) is 1. The lowest BCUT2D eigenvalue weighted by molar-refractivity contribution is 0.0952. The number of benzene rings is 2. The fourth-order valence-electron chi connectivity index (χ4n) is 2.04. The molecule has 0 bridgehead atoms. The summed E-state index contributed by atoms with van der Waals surface area (Å²) in [5.74, 6) is 0.612. The van der Waals surface area contributed by atoms with Crippen molar-refractivity contribution in [3.63, 3.8) is 0 Å². The molecule has 0 spiro atoms. The molecule has 0 fully saturated rings. The zero-order valence-corrected chi connectivity index (χ0v) is 12.6. The first kappa shape index (κ1) is 16.0. The maximum absolute atomic E-state index is 12.0. The van der Waals surface area contributed by atoms with Gasteiger partial charge in [0.1, 0.15) is 12.4 Å². The van der Waals surface area contributed by atoms with Gasteiger partial charge in [-0.1, -0.05) is 36.4 Å². The minimum Gasteiger partial charge on any atom is -0.489 e. The highest BCUT2D eigenvalue weighted by atomic mass is 16.5. The predicted molar refractivity (Wildman–Crippen MR) is 87.8 cm³/mol. The fraction of sp³-hybridized carbons (Fsp3) is 0.278. The van der Waals surface area contributed by atoms with Crippen LogP contribution in [0.15, 0.2) is 54.6 Å². The van der Waals surface area contributed by atoms with Crippen molar-refractivity contribution in [1.29, 1.82) is 0 Å². The highest BCUT2D eigenvalue weighted by Crippen LogP contribution is 2.15. The number of rotatable bonds is 8. The molecule has 3 N–H and O–H groups in total. The smallest absolute Gasteiger partial charge is 0.251 e. The molecule has 0 unspecified atom stereocenters. The van der Waals surface area contributed by atoms with Crippen LogP contribution >= 0.6 is 0 Å². The Bertz CT molecular complexity index is 585. The molecule has 0 heterocycles. The summed E-state index contributed by atoms with van der Waals surface area (Å²) in [7, 11) is 0. The number of carbonyl (C=O) groups is 1. The summed E-state index contributed by atoms with van der Waals surface area (Å²) in [6, 6.07) is 17.2. The summed E-state index contributed by atoms with van der Waals surface area (Å²) in [5, 5.41) is 2.88. The van der Waals surface area contributed by atoms with Gasteiger partial charge in [-0.05, 0) is 43.1 Å². The molecular weight excluding hydrogens is 276 g/mol. The lowest BCUT2D eigenvalue weighted by Crippen LogP contribution is -2.24. The first-order valence-corrected chi connectivity index (χ1v) is 7.54. The quantitative estimate of drug-likeness (QED) is 0.737. The van der Waals surface area contributed by atoms with Crippen molar-refractivity contribution in [2.45, 2.75) is 19.4 Å². The van der Waals surface area contributed by atoms with Crippen molar-refractivity contribution in [3.8, 4) is 5.75 Å². The molecule has 2 aromatic carbocycles. The first-order valence-electron chi connectivity index (χ1n) is 7.54. The normalized spacial score (nSPS) is 10.2. The molecular formula is C18H22N2O2. The van der Waals surface area contributed by atoms with E-state index in [1.54, 1.807) is 12.1 Å². The van der Waals surface area contributed by atoms with Crippen LogP contribution in [0.4, 0.5) is 0 Å². The van der Waals surface area contributed by atoms with Gasteiger partial charge in [0, 0.05) is 12.1 Å². The molecule has 2 rings (SSSR count). The van der Waals surface area contributed by atoms with Crippen LogP contribution in [-0.2, 0) is 6.61 Å². The number of unbranched alkanes of at least 4 members (excludes halogenated alkanes) is 1. The zero-order chi connectivity index (χ0) is 15.6. The molecule has 2 aromatic rings. The Hall–Kier alpha value is -2.33. The van der Waals surface area contributed by atoms with E-state index in [1.165, 1.54) is 0 Å². The Morgan fingerprint density at radius 1 is 1.05 bits per heavy atom. The minimum absolute atomic E-state index is 0.0813. The van der Waals surface area contributed by atoms with Gasteiger partial charge in [0.25, 0.3) is 5.91 Å². The van der Waals surface area contributed by atoms with Crippen molar-refractivity contribution >= 4 is 5.91 Å². The van der Waals surface area contributed by atoms with Gasteiger partial charge in [-0.15, -0.1) is 0 Å². The SMILES string of the molecule is NCCCCNC(=O)c1cccc(OCc2ccccc2)c1. The average molecular weight is 298 g/mol. The number of hydrogen-bond acceptors (Lipinski definition) is 3. The van der Waals surface area contributed by atoms with Gasteiger partial charge >= 0.3 is 0 Å². The van der Waals surface area contributed by atoms with Crippen LogP contribution in [0.1, 0.15) is 28.8 Å². The molecule has 0 radical (unpaired) electrons. The van der Waals surface area contributed by atoms with Gasteiger partial charge in [0.15, 0.2) is 0 Å². The summed E-state index contributed by atoms with van der Waals surface area (Å²) in [6.07, 6.45) is 1.81. The number of nitrogens with one attached hydrogen (secondary N) is 1. The van der Waals surface area contributed by atoms with Crippen LogP contribution in [0.2, 0.25) is 0 Å². The Balaban J connectivity index is 1.87. The van der Waals surface area contributed by atoms with Crippen LogP contribution < -0.4 is 15.8 Å². The summed E-state index contributed by atoms with van der Waals surface area (Å²) in [4.78, 5) is 12.0. The third-order valence-corrected chi connectivity index (χ3v) is 3.26. The molecule has 4 nitrogen and oxygen atoms in total. The standard InChI is InChI=1S/C18H22N2O2/c19-11-4-5-12-20-18(21)16-9-6-10-17(13-16)22-14-15-7-2-1-3-8-15/h1-3,6-10,13H,4-5,11-12,14,19H2,(H,20,21). The summed E-state index contributed by atoms with van der Waals surface area (Å²) >= 11 is 0. The average Bonchev–Trinajstić information content (AvgIpc) is 2.58. The molecule has 0 saturated heterocycles. The molecule has 116 valence electrons. The molecule has 1 amide bonds.